The Morgan fingerprint density at radius 1 is 1.07 bits per heavy atom. The first kappa shape index (κ1) is 21.8. The summed E-state index contributed by atoms with van der Waals surface area (Å²) < 4.78 is 24.6. The van der Waals surface area contributed by atoms with Gasteiger partial charge >= 0.3 is 0 Å². The quantitative estimate of drug-likeness (QED) is 0.583. The zero-order valence-corrected chi connectivity index (χ0v) is 17.0. The van der Waals surface area contributed by atoms with Crippen LogP contribution in [-0.2, 0) is 13.2 Å². The molecule has 1 aliphatic carbocycles. The van der Waals surface area contributed by atoms with E-state index < -0.39 is 0 Å². The first-order valence-electron chi connectivity index (χ1n) is 9.21. The zero-order chi connectivity index (χ0) is 18.4. The molecule has 0 spiro atoms. The average molecular weight is 414 g/mol. The van der Waals surface area contributed by atoms with E-state index in [1.54, 1.807) is 12.1 Å². The maximum atomic E-state index is 13.0. The Bertz CT molecular complexity index is 719. The second-order valence-corrected chi connectivity index (χ2v) is 7.02. The summed E-state index contributed by atoms with van der Waals surface area (Å²) in [4.78, 5) is 0. The highest BCUT2D eigenvalue weighted by atomic mass is 35.5. The Hall–Kier alpha value is -1.49. The van der Waals surface area contributed by atoms with E-state index in [0.717, 1.165) is 17.7 Å². The number of benzene rings is 2. The van der Waals surface area contributed by atoms with E-state index in [1.807, 2.05) is 19.1 Å². The van der Waals surface area contributed by atoms with Crippen LogP contribution in [0.3, 0.4) is 0 Å². The van der Waals surface area contributed by atoms with Gasteiger partial charge in [0.15, 0.2) is 11.5 Å². The van der Waals surface area contributed by atoms with Crippen LogP contribution >= 0.6 is 24.0 Å². The van der Waals surface area contributed by atoms with E-state index in [4.69, 9.17) is 21.1 Å². The molecule has 1 N–H and O–H groups in total. The molecule has 6 heteroatoms. The predicted molar refractivity (Wildman–Crippen MR) is 110 cm³/mol. The largest absolute Gasteiger partial charge is 0.490 e. The van der Waals surface area contributed by atoms with Crippen LogP contribution in [0.25, 0.3) is 0 Å². The van der Waals surface area contributed by atoms with Crippen LogP contribution < -0.4 is 14.8 Å². The van der Waals surface area contributed by atoms with Crippen LogP contribution in [0.5, 0.6) is 11.5 Å². The van der Waals surface area contributed by atoms with Crippen molar-refractivity contribution in [1.82, 2.24) is 5.32 Å². The lowest BCUT2D eigenvalue weighted by Crippen LogP contribution is -2.25. The summed E-state index contributed by atoms with van der Waals surface area (Å²) in [6, 6.07) is 10.7. The van der Waals surface area contributed by atoms with Gasteiger partial charge in [-0.05, 0) is 55.2 Å². The van der Waals surface area contributed by atoms with E-state index in [0.29, 0.717) is 35.8 Å². The minimum Gasteiger partial charge on any atom is -0.490 e. The Labute approximate surface area is 171 Å². The van der Waals surface area contributed by atoms with Gasteiger partial charge in [-0.1, -0.05) is 36.6 Å². The Balaban J connectivity index is 0.00000261. The van der Waals surface area contributed by atoms with Crippen LogP contribution in [0.2, 0.25) is 5.02 Å². The van der Waals surface area contributed by atoms with E-state index in [-0.39, 0.29) is 18.2 Å². The fourth-order valence-electron chi connectivity index (χ4n) is 3.25. The van der Waals surface area contributed by atoms with E-state index in [2.05, 4.69) is 5.32 Å². The van der Waals surface area contributed by atoms with E-state index in [1.165, 1.54) is 37.8 Å². The lowest BCUT2D eigenvalue weighted by Gasteiger charge is -2.17. The molecule has 0 atom stereocenters. The van der Waals surface area contributed by atoms with Crippen molar-refractivity contribution in [2.24, 2.45) is 0 Å². The molecule has 2 aromatic carbocycles. The Kier molecular flexibility index (Phi) is 8.68. The average Bonchev–Trinajstić information content (AvgIpc) is 3.14. The van der Waals surface area contributed by atoms with E-state index >= 15 is 0 Å². The van der Waals surface area contributed by atoms with Gasteiger partial charge in [0, 0.05) is 12.6 Å². The lowest BCUT2D eigenvalue weighted by atomic mass is 10.1. The molecule has 0 bridgehead atoms. The molecule has 27 heavy (non-hydrogen) atoms. The van der Waals surface area contributed by atoms with Gasteiger partial charge in [-0.15, -0.1) is 12.4 Å². The summed E-state index contributed by atoms with van der Waals surface area (Å²) >= 11 is 6.46. The van der Waals surface area contributed by atoms with Crippen LogP contribution in [0.1, 0.15) is 43.7 Å². The number of hydrogen-bond acceptors (Lipinski definition) is 3. The number of halogens is 3. The minimum absolute atomic E-state index is 0. The summed E-state index contributed by atoms with van der Waals surface area (Å²) in [5.74, 6) is 0.911. The number of hydrogen-bond donors (Lipinski definition) is 1. The molecule has 148 valence electrons. The third-order valence-electron chi connectivity index (χ3n) is 4.62. The van der Waals surface area contributed by atoms with Crippen LogP contribution in [0.15, 0.2) is 36.4 Å². The summed E-state index contributed by atoms with van der Waals surface area (Å²) in [5, 5.41) is 4.12. The molecule has 1 aliphatic rings. The molecule has 0 heterocycles. The van der Waals surface area contributed by atoms with Crippen molar-refractivity contribution in [2.75, 3.05) is 6.61 Å². The standard InChI is InChI=1S/C21H25ClFNO2.ClH/c1-2-25-20-12-16(13-24-18-5-3-4-6-18)11-19(22)21(20)26-14-15-7-9-17(23)10-8-15;/h7-12,18,24H,2-6,13-14H2,1H3;1H. The Morgan fingerprint density at radius 2 is 1.78 bits per heavy atom. The van der Waals surface area contributed by atoms with Crippen molar-refractivity contribution >= 4 is 24.0 Å². The van der Waals surface area contributed by atoms with Gasteiger partial charge in [0.1, 0.15) is 12.4 Å². The van der Waals surface area contributed by atoms with Crippen molar-refractivity contribution in [3.05, 3.63) is 58.4 Å². The molecular weight excluding hydrogens is 388 g/mol. The molecule has 0 saturated heterocycles. The minimum atomic E-state index is -0.263. The summed E-state index contributed by atoms with van der Waals surface area (Å²) in [6.07, 6.45) is 5.09. The smallest absolute Gasteiger partial charge is 0.180 e. The highest BCUT2D eigenvalue weighted by Gasteiger charge is 2.16. The molecule has 3 nitrogen and oxygen atoms in total. The molecule has 1 fully saturated rings. The molecule has 0 aliphatic heterocycles. The lowest BCUT2D eigenvalue weighted by molar-refractivity contribution is 0.269. The van der Waals surface area contributed by atoms with Gasteiger partial charge in [0.05, 0.1) is 11.6 Å². The number of ether oxygens (including phenoxy) is 2. The fourth-order valence-corrected chi connectivity index (χ4v) is 3.54. The first-order chi connectivity index (χ1) is 12.7. The van der Waals surface area contributed by atoms with E-state index in [9.17, 15) is 4.39 Å². The van der Waals surface area contributed by atoms with Crippen molar-refractivity contribution in [3.8, 4) is 11.5 Å². The van der Waals surface area contributed by atoms with Gasteiger partial charge in [-0.3, -0.25) is 0 Å². The molecule has 1 saturated carbocycles. The fraction of sp³-hybridized carbons (Fsp3) is 0.429. The normalized spacial score (nSPS) is 14.0. The number of nitrogens with one attached hydrogen (secondary N) is 1. The van der Waals surface area contributed by atoms with Crippen molar-refractivity contribution < 1.29 is 13.9 Å². The van der Waals surface area contributed by atoms with Crippen LogP contribution in [0, 0.1) is 5.82 Å². The summed E-state index contributed by atoms with van der Waals surface area (Å²) in [7, 11) is 0. The highest BCUT2D eigenvalue weighted by Crippen LogP contribution is 2.37. The van der Waals surface area contributed by atoms with Crippen molar-refractivity contribution in [1.29, 1.82) is 0 Å². The Morgan fingerprint density at radius 3 is 2.44 bits per heavy atom. The number of rotatable bonds is 8. The van der Waals surface area contributed by atoms with Gasteiger partial charge in [-0.2, -0.15) is 0 Å². The first-order valence-corrected chi connectivity index (χ1v) is 9.59. The molecule has 0 unspecified atom stereocenters. The van der Waals surface area contributed by atoms with Crippen LogP contribution in [-0.4, -0.2) is 12.6 Å². The monoisotopic (exact) mass is 413 g/mol. The topological polar surface area (TPSA) is 30.5 Å². The summed E-state index contributed by atoms with van der Waals surface area (Å²) in [5.41, 5.74) is 1.95. The van der Waals surface area contributed by atoms with Gasteiger partial charge in [0.2, 0.25) is 0 Å². The molecule has 0 radical (unpaired) electrons. The zero-order valence-electron chi connectivity index (χ0n) is 15.5. The molecule has 2 aromatic rings. The molecular formula is C21H26Cl2FNO2. The van der Waals surface area contributed by atoms with Crippen LogP contribution in [0.4, 0.5) is 4.39 Å². The second-order valence-electron chi connectivity index (χ2n) is 6.62. The third kappa shape index (κ3) is 6.27. The predicted octanol–water partition coefficient (Wildman–Crippen LogP) is 5.91. The molecule has 0 aromatic heterocycles. The van der Waals surface area contributed by atoms with Gasteiger partial charge in [-0.25, -0.2) is 4.39 Å². The summed E-state index contributed by atoms with van der Waals surface area (Å²) in [6.45, 7) is 3.53. The molecule has 3 rings (SSSR count). The van der Waals surface area contributed by atoms with Crippen molar-refractivity contribution in [3.63, 3.8) is 0 Å². The third-order valence-corrected chi connectivity index (χ3v) is 4.90. The second kappa shape index (κ2) is 10.7. The maximum absolute atomic E-state index is 13.0. The van der Waals surface area contributed by atoms with Crippen molar-refractivity contribution in [2.45, 2.75) is 51.8 Å². The van der Waals surface area contributed by atoms with Gasteiger partial charge in [0.25, 0.3) is 0 Å². The van der Waals surface area contributed by atoms with Gasteiger partial charge < -0.3 is 14.8 Å². The highest BCUT2D eigenvalue weighted by molar-refractivity contribution is 6.32. The SMILES string of the molecule is CCOc1cc(CNC2CCCC2)cc(Cl)c1OCc1ccc(F)cc1.Cl. The molecule has 0 amide bonds. The maximum Gasteiger partial charge on any atom is 0.180 e.